The molecule has 0 unspecified atom stereocenters. The number of rotatable bonds is 3. The van der Waals surface area contributed by atoms with Gasteiger partial charge in [-0.3, -0.25) is 4.90 Å². The van der Waals surface area contributed by atoms with Gasteiger partial charge in [-0.1, -0.05) is 17.3 Å². The van der Waals surface area contributed by atoms with Crippen LogP contribution in [-0.4, -0.2) is 33.1 Å². The number of halogens is 3. The summed E-state index contributed by atoms with van der Waals surface area (Å²) in [6, 6.07) is 5.47. The third kappa shape index (κ3) is 3.87. The number of benzene rings is 1. The first-order valence-corrected chi connectivity index (χ1v) is 8.37. The van der Waals surface area contributed by atoms with Gasteiger partial charge in [0.2, 0.25) is 5.89 Å². The Labute approximate surface area is 136 Å². The molecule has 1 aromatic heterocycles. The fourth-order valence-electron chi connectivity index (χ4n) is 2.64. The number of aromatic nitrogens is 2. The van der Waals surface area contributed by atoms with Gasteiger partial charge in [0.25, 0.3) is 0 Å². The molecule has 1 saturated heterocycles. The van der Waals surface area contributed by atoms with Crippen LogP contribution in [0.5, 0.6) is 0 Å². The maximum atomic E-state index is 12.9. The Balaban J connectivity index is 1.83. The van der Waals surface area contributed by atoms with Crippen LogP contribution in [-0.2, 0) is 12.7 Å². The lowest BCUT2D eigenvalue weighted by Gasteiger charge is -2.35. The molecule has 1 atom stereocenters. The summed E-state index contributed by atoms with van der Waals surface area (Å²) in [5.41, 5.74) is 0.0631. The molecular formula is C15H16F3N3OS. The second kappa shape index (κ2) is 6.52. The van der Waals surface area contributed by atoms with Crippen molar-refractivity contribution in [3.8, 4) is 0 Å². The normalized spacial score (nSPS) is 19.9. The first kappa shape index (κ1) is 16.3. The summed E-state index contributed by atoms with van der Waals surface area (Å²) >= 11 is 1.74. The van der Waals surface area contributed by atoms with E-state index in [1.54, 1.807) is 24.8 Å². The number of hydrogen-bond acceptors (Lipinski definition) is 5. The van der Waals surface area contributed by atoms with Gasteiger partial charge < -0.3 is 4.52 Å². The Bertz CT molecular complexity index is 674. The number of nitrogens with zero attached hydrogens (tertiary/aromatic N) is 3. The molecule has 1 aliphatic rings. The molecule has 0 bridgehead atoms. The van der Waals surface area contributed by atoms with Crippen molar-refractivity contribution >= 4 is 11.8 Å². The summed E-state index contributed by atoms with van der Waals surface area (Å²) in [5, 5.41) is 3.88. The average molecular weight is 343 g/mol. The Morgan fingerprint density at radius 3 is 2.91 bits per heavy atom. The van der Waals surface area contributed by atoms with Gasteiger partial charge in [-0.25, -0.2) is 0 Å². The van der Waals surface area contributed by atoms with Crippen LogP contribution in [0.1, 0.15) is 28.9 Å². The molecule has 23 heavy (non-hydrogen) atoms. The van der Waals surface area contributed by atoms with Crippen molar-refractivity contribution in [2.24, 2.45) is 0 Å². The zero-order valence-corrected chi connectivity index (χ0v) is 13.3. The summed E-state index contributed by atoms with van der Waals surface area (Å²) in [6.07, 6.45) is -4.33. The van der Waals surface area contributed by atoms with Crippen LogP contribution in [0.25, 0.3) is 0 Å². The van der Waals surface area contributed by atoms with Gasteiger partial charge in [0.15, 0.2) is 5.82 Å². The monoisotopic (exact) mass is 343 g/mol. The van der Waals surface area contributed by atoms with Crippen molar-refractivity contribution < 1.29 is 17.7 Å². The summed E-state index contributed by atoms with van der Waals surface area (Å²) in [6.45, 7) is 2.96. The van der Waals surface area contributed by atoms with Gasteiger partial charge in [0.05, 0.1) is 12.1 Å². The van der Waals surface area contributed by atoms with Crippen LogP contribution in [0, 0.1) is 6.92 Å². The topological polar surface area (TPSA) is 42.2 Å². The van der Waals surface area contributed by atoms with E-state index in [0.29, 0.717) is 23.8 Å². The Morgan fingerprint density at radius 2 is 2.22 bits per heavy atom. The molecule has 2 heterocycles. The highest BCUT2D eigenvalue weighted by atomic mass is 32.2. The molecule has 2 aromatic rings. The predicted molar refractivity (Wildman–Crippen MR) is 81.0 cm³/mol. The quantitative estimate of drug-likeness (QED) is 0.850. The van der Waals surface area contributed by atoms with Gasteiger partial charge in [-0.2, -0.15) is 29.9 Å². The first-order chi connectivity index (χ1) is 10.9. The van der Waals surface area contributed by atoms with Gasteiger partial charge in [-0.05, 0) is 17.7 Å². The van der Waals surface area contributed by atoms with Gasteiger partial charge in [0, 0.05) is 31.0 Å². The Kier molecular flexibility index (Phi) is 4.63. The van der Waals surface area contributed by atoms with Crippen molar-refractivity contribution in [3.05, 3.63) is 47.1 Å². The third-order valence-corrected chi connectivity index (χ3v) is 4.77. The SMILES string of the molecule is Cc1nc(CN2CCSC[C@H]2c2cccc(C(F)(F)F)c2)no1. The zero-order chi connectivity index (χ0) is 16.4. The van der Waals surface area contributed by atoms with E-state index in [1.807, 2.05) is 0 Å². The van der Waals surface area contributed by atoms with E-state index in [2.05, 4.69) is 15.0 Å². The van der Waals surface area contributed by atoms with Crippen LogP contribution in [0.2, 0.25) is 0 Å². The van der Waals surface area contributed by atoms with Gasteiger partial charge in [-0.15, -0.1) is 0 Å². The number of aryl methyl sites for hydroxylation is 1. The van der Waals surface area contributed by atoms with E-state index >= 15 is 0 Å². The maximum Gasteiger partial charge on any atom is 0.416 e. The molecule has 3 rings (SSSR count). The van der Waals surface area contributed by atoms with Gasteiger partial charge in [0.1, 0.15) is 0 Å². The average Bonchev–Trinajstić information content (AvgIpc) is 2.92. The van der Waals surface area contributed by atoms with Crippen LogP contribution in [0.3, 0.4) is 0 Å². The van der Waals surface area contributed by atoms with E-state index < -0.39 is 11.7 Å². The van der Waals surface area contributed by atoms with Crippen molar-refractivity contribution in [2.45, 2.75) is 25.7 Å². The fraction of sp³-hybridized carbons (Fsp3) is 0.467. The van der Waals surface area contributed by atoms with Crippen LogP contribution < -0.4 is 0 Å². The summed E-state index contributed by atoms with van der Waals surface area (Å²) < 4.78 is 43.8. The molecule has 1 aromatic carbocycles. The highest BCUT2D eigenvalue weighted by molar-refractivity contribution is 7.99. The molecule has 0 aliphatic carbocycles. The molecule has 1 fully saturated rings. The summed E-state index contributed by atoms with van der Waals surface area (Å²) in [7, 11) is 0. The summed E-state index contributed by atoms with van der Waals surface area (Å²) in [5.74, 6) is 2.73. The molecule has 8 heteroatoms. The molecule has 0 N–H and O–H groups in total. The third-order valence-electron chi connectivity index (χ3n) is 3.75. The highest BCUT2D eigenvalue weighted by Gasteiger charge is 2.32. The van der Waals surface area contributed by atoms with Gasteiger partial charge >= 0.3 is 6.18 Å². The number of thioether (sulfide) groups is 1. The lowest BCUT2D eigenvalue weighted by atomic mass is 10.0. The highest BCUT2D eigenvalue weighted by Crippen LogP contribution is 2.35. The minimum atomic E-state index is -4.33. The minimum Gasteiger partial charge on any atom is -0.340 e. The predicted octanol–water partition coefficient (Wildman–Crippen LogP) is 3.69. The van der Waals surface area contributed by atoms with Crippen molar-refractivity contribution in [3.63, 3.8) is 0 Å². The fourth-order valence-corrected chi connectivity index (χ4v) is 3.80. The second-order valence-corrected chi connectivity index (χ2v) is 6.56. The molecule has 0 amide bonds. The Hall–Kier alpha value is -1.54. The van der Waals surface area contributed by atoms with E-state index in [0.717, 1.165) is 24.1 Å². The molecule has 124 valence electrons. The molecule has 1 aliphatic heterocycles. The summed E-state index contributed by atoms with van der Waals surface area (Å²) in [4.78, 5) is 6.29. The van der Waals surface area contributed by atoms with Crippen molar-refractivity contribution in [1.82, 2.24) is 15.0 Å². The lowest BCUT2D eigenvalue weighted by Crippen LogP contribution is -2.36. The van der Waals surface area contributed by atoms with Crippen molar-refractivity contribution in [2.75, 3.05) is 18.1 Å². The largest absolute Gasteiger partial charge is 0.416 e. The maximum absolute atomic E-state index is 12.9. The number of alkyl halides is 3. The van der Waals surface area contributed by atoms with Crippen molar-refractivity contribution in [1.29, 1.82) is 0 Å². The molecule has 4 nitrogen and oxygen atoms in total. The smallest absolute Gasteiger partial charge is 0.340 e. The zero-order valence-electron chi connectivity index (χ0n) is 12.5. The van der Waals surface area contributed by atoms with Crippen LogP contribution in [0.4, 0.5) is 13.2 Å². The van der Waals surface area contributed by atoms with Crippen LogP contribution in [0.15, 0.2) is 28.8 Å². The second-order valence-electron chi connectivity index (χ2n) is 5.41. The van der Waals surface area contributed by atoms with E-state index in [9.17, 15) is 13.2 Å². The van der Waals surface area contributed by atoms with E-state index in [1.165, 1.54) is 12.1 Å². The number of hydrogen-bond donors (Lipinski definition) is 0. The van der Waals surface area contributed by atoms with E-state index in [4.69, 9.17) is 4.52 Å². The standard InChI is InChI=1S/C15H16F3N3OS/c1-10-19-14(20-22-10)8-21-5-6-23-9-13(21)11-3-2-4-12(7-11)15(16,17)18/h2-4,7,13H,5-6,8-9H2,1H3/t13-/m0/s1. The Morgan fingerprint density at radius 1 is 1.39 bits per heavy atom. The first-order valence-electron chi connectivity index (χ1n) is 7.21. The molecular weight excluding hydrogens is 327 g/mol. The minimum absolute atomic E-state index is 0.0881. The lowest BCUT2D eigenvalue weighted by molar-refractivity contribution is -0.137. The van der Waals surface area contributed by atoms with Crippen LogP contribution >= 0.6 is 11.8 Å². The molecule has 0 saturated carbocycles. The van der Waals surface area contributed by atoms with E-state index in [-0.39, 0.29) is 6.04 Å². The molecule has 0 radical (unpaired) electrons. The molecule has 0 spiro atoms.